The molecular formula is C13H16N2O2. The number of nitrogens with zero attached hydrogens (tertiary/aromatic N) is 2. The lowest BCUT2D eigenvalue weighted by Gasteiger charge is -2.00. The summed E-state index contributed by atoms with van der Waals surface area (Å²) in [6.07, 6.45) is 0.621. The van der Waals surface area contributed by atoms with Crippen molar-refractivity contribution in [3.05, 3.63) is 47.1 Å². The van der Waals surface area contributed by atoms with E-state index in [9.17, 15) is 5.11 Å². The van der Waals surface area contributed by atoms with E-state index in [4.69, 9.17) is 4.52 Å². The third-order valence-electron chi connectivity index (χ3n) is 2.59. The van der Waals surface area contributed by atoms with Crippen molar-refractivity contribution in [3.63, 3.8) is 0 Å². The minimum atomic E-state index is -0.445. The Kier molecular flexibility index (Phi) is 3.54. The van der Waals surface area contributed by atoms with Crippen LogP contribution in [0.15, 0.2) is 28.8 Å². The summed E-state index contributed by atoms with van der Waals surface area (Å²) in [5.74, 6) is 1.15. The van der Waals surface area contributed by atoms with Crippen LogP contribution < -0.4 is 0 Å². The number of hydrogen-bond donors (Lipinski definition) is 1. The zero-order valence-corrected chi connectivity index (χ0v) is 10.1. The molecule has 1 heterocycles. The van der Waals surface area contributed by atoms with Gasteiger partial charge in [-0.3, -0.25) is 0 Å². The van der Waals surface area contributed by atoms with E-state index < -0.39 is 6.10 Å². The minimum Gasteiger partial charge on any atom is -0.393 e. The van der Waals surface area contributed by atoms with Crippen LogP contribution in [-0.2, 0) is 12.8 Å². The van der Waals surface area contributed by atoms with Crippen LogP contribution in [0.4, 0.5) is 0 Å². The summed E-state index contributed by atoms with van der Waals surface area (Å²) in [5.41, 5.74) is 2.39. The molecule has 1 N–H and O–H groups in total. The topological polar surface area (TPSA) is 59.2 Å². The molecule has 90 valence electrons. The second kappa shape index (κ2) is 5.10. The third kappa shape index (κ3) is 3.14. The quantitative estimate of drug-likeness (QED) is 0.874. The van der Waals surface area contributed by atoms with Crippen LogP contribution >= 0.6 is 0 Å². The van der Waals surface area contributed by atoms with Crippen LogP contribution in [0, 0.1) is 6.92 Å². The van der Waals surface area contributed by atoms with Crippen LogP contribution in [0.1, 0.15) is 29.8 Å². The number of aryl methyl sites for hydroxylation is 1. The van der Waals surface area contributed by atoms with Gasteiger partial charge in [-0.05, 0) is 25.0 Å². The summed E-state index contributed by atoms with van der Waals surface area (Å²) in [7, 11) is 0. The Morgan fingerprint density at radius 1 is 1.35 bits per heavy atom. The summed E-state index contributed by atoms with van der Waals surface area (Å²) >= 11 is 0. The van der Waals surface area contributed by atoms with Crippen molar-refractivity contribution in [2.45, 2.75) is 32.8 Å². The van der Waals surface area contributed by atoms with Crippen molar-refractivity contribution in [2.75, 3.05) is 0 Å². The first-order chi connectivity index (χ1) is 8.15. The molecule has 2 rings (SSSR count). The van der Waals surface area contributed by atoms with Gasteiger partial charge in [0.2, 0.25) is 5.89 Å². The third-order valence-corrected chi connectivity index (χ3v) is 2.59. The maximum absolute atomic E-state index is 9.23. The zero-order chi connectivity index (χ0) is 12.3. The zero-order valence-electron chi connectivity index (χ0n) is 10.1. The van der Waals surface area contributed by atoms with Gasteiger partial charge in [0.15, 0.2) is 5.82 Å². The number of hydrogen-bond acceptors (Lipinski definition) is 4. The average molecular weight is 232 g/mol. The van der Waals surface area contributed by atoms with Crippen molar-refractivity contribution in [1.82, 2.24) is 10.1 Å². The highest BCUT2D eigenvalue weighted by molar-refractivity contribution is 5.27. The normalized spacial score (nSPS) is 12.6. The number of aliphatic hydroxyl groups is 1. The molecule has 1 aromatic carbocycles. The van der Waals surface area contributed by atoms with Crippen LogP contribution in [0.3, 0.4) is 0 Å². The van der Waals surface area contributed by atoms with Gasteiger partial charge < -0.3 is 9.63 Å². The highest BCUT2D eigenvalue weighted by Gasteiger charge is 2.10. The van der Waals surface area contributed by atoms with Gasteiger partial charge in [0, 0.05) is 6.42 Å². The lowest BCUT2D eigenvalue weighted by Crippen LogP contribution is -2.05. The Hall–Kier alpha value is -1.68. The van der Waals surface area contributed by atoms with Gasteiger partial charge >= 0.3 is 0 Å². The van der Waals surface area contributed by atoms with Gasteiger partial charge in [0.25, 0.3) is 0 Å². The van der Waals surface area contributed by atoms with Crippen LogP contribution in [-0.4, -0.2) is 21.4 Å². The average Bonchev–Trinajstić information content (AvgIpc) is 2.68. The molecule has 4 nitrogen and oxygen atoms in total. The summed E-state index contributed by atoms with van der Waals surface area (Å²) in [5, 5.41) is 13.1. The van der Waals surface area contributed by atoms with E-state index in [1.165, 1.54) is 11.1 Å². The van der Waals surface area contributed by atoms with Gasteiger partial charge in [0.05, 0.1) is 12.5 Å². The molecular weight excluding hydrogens is 216 g/mol. The number of aromatic nitrogens is 2. The van der Waals surface area contributed by atoms with Crippen molar-refractivity contribution in [2.24, 2.45) is 0 Å². The lowest BCUT2D eigenvalue weighted by molar-refractivity contribution is 0.191. The monoisotopic (exact) mass is 232 g/mol. The minimum absolute atomic E-state index is 0.428. The summed E-state index contributed by atoms with van der Waals surface area (Å²) in [4.78, 5) is 4.25. The first-order valence-electron chi connectivity index (χ1n) is 5.69. The molecule has 1 atom stereocenters. The predicted molar refractivity (Wildman–Crippen MR) is 63.7 cm³/mol. The SMILES string of the molecule is Cc1ccccc1Cc1nc(CC(C)O)no1. The van der Waals surface area contributed by atoms with Crippen molar-refractivity contribution in [3.8, 4) is 0 Å². The molecule has 2 aromatic rings. The molecule has 0 saturated heterocycles. The molecule has 0 aliphatic heterocycles. The predicted octanol–water partition coefficient (Wildman–Crippen LogP) is 1.89. The highest BCUT2D eigenvalue weighted by atomic mass is 16.5. The molecule has 0 fully saturated rings. The Morgan fingerprint density at radius 3 is 2.82 bits per heavy atom. The molecule has 0 radical (unpaired) electrons. The highest BCUT2D eigenvalue weighted by Crippen LogP contribution is 2.12. The summed E-state index contributed by atoms with van der Waals surface area (Å²) in [6.45, 7) is 3.76. The maximum atomic E-state index is 9.23. The lowest BCUT2D eigenvalue weighted by atomic mass is 10.1. The van der Waals surface area contributed by atoms with Crippen molar-refractivity contribution in [1.29, 1.82) is 0 Å². The van der Waals surface area contributed by atoms with Crippen LogP contribution in [0.2, 0.25) is 0 Å². The molecule has 17 heavy (non-hydrogen) atoms. The maximum Gasteiger partial charge on any atom is 0.231 e. The van der Waals surface area contributed by atoms with Crippen molar-refractivity contribution >= 4 is 0 Å². The molecule has 0 aliphatic carbocycles. The standard InChI is InChI=1S/C13H16N2O2/c1-9-5-3-4-6-11(9)8-13-14-12(15-17-13)7-10(2)16/h3-6,10,16H,7-8H2,1-2H3. The van der Waals surface area contributed by atoms with Gasteiger partial charge in [-0.2, -0.15) is 4.98 Å². The smallest absolute Gasteiger partial charge is 0.231 e. The van der Waals surface area contributed by atoms with E-state index in [2.05, 4.69) is 23.1 Å². The molecule has 0 bridgehead atoms. The Labute approximate surface area is 100 Å². The number of aliphatic hydroxyl groups excluding tert-OH is 1. The van der Waals surface area contributed by atoms with E-state index in [0.29, 0.717) is 24.6 Å². The molecule has 4 heteroatoms. The molecule has 1 aromatic heterocycles. The number of benzene rings is 1. The summed E-state index contributed by atoms with van der Waals surface area (Å²) in [6, 6.07) is 8.11. The Bertz CT molecular complexity index is 492. The van der Waals surface area contributed by atoms with Gasteiger partial charge in [-0.25, -0.2) is 0 Å². The van der Waals surface area contributed by atoms with Gasteiger partial charge in [-0.1, -0.05) is 29.4 Å². The molecule has 0 spiro atoms. The molecule has 0 aliphatic rings. The first kappa shape index (κ1) is 11.8. The molecule has 0 amide bonds. The molecule has 1 unspecified atom stereocenters. The fourth-order valence-electron chi connectivity index (χ4n) is 1.68. The molecule has 0 saturated carbocycles. The first-order valence-corrected chi connectivity index (χ1v) is 5.69. The largest absolute Gasteiger partial charge is 0.393 e. The second-order valence-corrected chi connectivity index (χ2v) is 4.26. The van der Waals surface area contributed by atoms with Gasteiger partial charge in [-0.15, -0.1) is 0 Å². The van der Waals surface area contributed by atoms with E-state index in [-0.39, 0.29) is 0 Å². The Morgan fingerprint density at radius 2 is 2.12 bits per heavy atom. The number of rotatable bonds is 4. The van der Waals surface area contributed by atoms with E-state index in [1.807, 2.05) is 18.2 Å². The van der Waals surface area contributed by atoms with Crippen molar-refractivity contribution < 1.29 is 9.63 Å². The second-order valence-electron chi connectivity index (χ2n) is 4.26. The van der Waals surface area contributed by atoms with E-state index in [1.54, 1.807) is 6.92 Å². The van der Waals surface area contributed by atoms with E-state index >= 15 is 0 Å². The van der Waals surface area contributed by atoms with Crippen LogP contribution in [0.5, 0.6) is 0 Å². The van der Waals surface area contributed by atoms with E-state index in [0.717, 1.165) is 0 Å². The fourth-order valence-corrected chi connectivity index (χ4v) is 1.68. The fraction of sp³-hybridized carbons (Fsp3) is 0.385. The van der Waals surface area contributed by atoms with Crippen LogP contribution in [0.25, 0.3) is 0 Å². The van der Waals surface area contributed by atoms with Gasteiger partial charge in [0.1, 0.15) is 0 Å². The Balaban J connectivity index is 2.09. The summed E-state index contributed by atoms with van der Waals surface area (Å²) < 4.78 is 5.15.